The molecule has 3 rings (SSSR count). The summed E-state index contributed by atoms with van der Waals surface area (Å²) in [4.78, 5) is 6.12. The maximum absolute atomic E-state index is 5.80. The van der Waals surface area contributed by atoms with Gasteiger partial charge in [0.25, 0.3) is 0 Å². The SMILES string of the molecule is COCCCCCN=C(NCCc1cccs1)Nc1ccc2c(c1)OCCCO2. The first-order valence-electron chi connectivity index (χ1n) is 10.3. The van der Waals surface area contributed by atoms with Gasteiger partial charge in [-0.15, -0.1) is 11.3 Å². The van der Waals surface area contributed by atoms with E-state index in [2.05, 4.69) is 28.1 Å². The molecule has 0 radical (unpaired) electrons. The molecule has 0 bridgehead atoms. The van der Waals surface area contributed by atoms with Crippen LogP contribution in [-0.4, -0.2) is 46.0 Å². The molecule has 0 fully saturated rings. The van der Waals surface area contributed by atoms with Crippen molar-refractivity contribution in [1.82, 2.24) is 5.32 Å². The van der Waals surface area contributed by atoms with E-state index in [0.717, 1.165) is 74.9 Å². The van der Waals surface area contributed by atoms with E-state index >= 15 is 0 Å². The molecule has 7 heteroatoms. The summed E-state index contributed by atoms with van der Waals surface area (Å²) in [6.45, 7) is 3.80. The number of nitrogens with zero attached hydrogens (tertiary/aromatic N) is 1. The van der Waals surface area contributed by atoms with E-state index in [9.17, 15) is 0 Å². The number of ether oxygens (including phenoxy) is 3. The van der Waals surface area contributed by atoms with Gasteiger partial charge in [0.05, 0.1) is 13.2 Å². The molecule has 2 N–H and O–H groups in total. The molecular weight excluding hydrogens is 386 g/mol. The number of nitrogens with one attached hydrogen (secondary N) is 2. The smallest absolute Gasteiger partial charge is 0.195 e. The fourth-order valence-electron chi connectivity index (χ4n) is 3.00. The van der Waals surface area contributed by atoms with E-state index in [1.807, 2.05) is 18.2 Å². The third-order valence-corrected chi connectivity index (χ3v) is 5.47. The topological polar surface area (TPSA) is 64.1 Å². The van der Waals surface area contributed by atoms with E-state index in [1.165, 1.54) is 4.88 Å². The molecule has 2 aromatic rings. The van der Waals surface area contributed by atoms with Crippen LogP contribution in [0.15, 0.2) is 40.7 Å². The van der Waals surface area contributed by atoms with Crippen molar-refractivity contribution in [3.8, 4) is 11.5 Å². The second kappa shape index (κ2) is 12.3. The molecule has 2 heterocycles. The van der Waals surface area contributed by atoms with Gasteiger partial charge < -0.3 is 24.8 Å². The zero-order valence-electron chi connectivity index (χ0n) is 17.1. The van der Waals surface area contributed by atoms with Crippen molar-refractivity contribution in [3.63, 3.8) is 0 Å². The van der Waals surface area contributed by atoms with Gasteiger partial charge >= 0.3 is 0 Å². The monoisotopic (exact) mass is 417 g/mol. The summed E-state index contributed by atoms with van der Waals surface area (Å²) in [7, 11) is 1.74. The Morgan fingerprint density at radius 2 is 2.03 bits per heavy atom. The maximum Gasteiger partial charge on any atom is 0.195 e. The Labute approximate surface area is 177 Å². The highest BCUT2D eigenvalue weighted by molar-refractivity contribution is 7.09. The molecule has 0 aliphatic carbocycles. The van der Waals surface area contributed by atoms with Crippen molar-refractivity contribution < 1.29 is 14.2 Å². The van der Waals surface area contributed by atoms with Crippen LogP contribution >= 0.6 is 11.3 Å². The molecule has 0 spiro atoms. The predicted octanol–water partition coefficient (Wildman–Crippen LogP) is 4.33. The van der Waals surface area contributed by atoms with Crippen LogP contribution in [0.5, 0.6) is 11.5 Å². The van der Waals surface area contributed by atoms with Crippen molar-refractivity contribution in [3.05, 3.63) is 40.6 Å². The molecule has 158 valence electrons. The van der Waals surface area contributed by atoms with Gasteiger partial charge in [-0.25, -0.2) is 0 Å². The molecule has 1 aromatic carbocycles. The lowest BCUT2D eigenvalue weighted by molar-refractivity contribution is 0.192. The van der Waals surface area contributed by atoms with Crippen molar-refractivity contribution >= 4 is 23.0 Å². The second-order valence-corrected chi connectivity index (χ2v) is 7.91. The van der Waals surface area contributed by atoms with Gasteiger partial charge in [0, 0.05) is 49.9 Å². The Balaban J connectivity index is 1.57. The minimum Gasteiger partial charge on any atom is -0.490 e. The number of thiophene rings is 1. The fraction of sp³-hybridized carbons (Fsp3) is 0.500. The number of methoxy groups -OCH3 is 1. The van der Waals surface area contributed by atoms with Gasteiger partial charge in [-0.1, -0.05) is 6.07 Å². The molecule has 1 aliphatic rings. The van der Waals surface area contributed by atoms with E-state index < -0.39 is 0 Å². The van der Waals surface area contributed by atoms with Crippen molar-refractivity contribution in [1.29, 1.82) is 0 Å². The van der Waals surface area contributed by atoms with Crippen LogP contribution in [-0.2, 0) is 11.2 Å². The van der Waals surface area contributed by atoms with Crippen LogP contribution < -0.4 is 20.1 Å². The summed E-state index contributed by atoms with van der Waals surface area (Å²) in [6, 6.07) is 10.2. The zero-order valence-corrected chi connectivity index (χ0v) is 17.9. The van der Waals surface area contributed by atoms with Crippen molar-refractivity contribution in [2.75, 3.05) is 45.3 Å². The van der Waals surface area contributed by atoms with E-state index in [1.54, 1.807) is 18.4 Å². The molecular formula is C22H31N3O3S. The van der Waals surface area contributed by atoms with Crippen LogP contribution in [0.25, 0.3) is 0 Å². The summed E-state index contributed by atoms with van der Waals surface area (Å²) in [5.74, 6) is 2.38. The number of hydrogen-bond acceptors (Lipinski definition) is 5. The minimum absolute atomic E-state index is 0.679. The van der Waals surface area contributed by atoms with Gasteiger partial charge in [-0.2, -0.15) is 0 Å². The van der Waals surface area contributed by atoms with Gasteiger partial charge in [0.15, 0.2) is 17.5 Å². The number of aliphatic imine (C=N–C) groups is 1. The molecule has 0 unspecified atom stereocenters. The van der Waals surface area contributed by atoms with E-state index in [4.69, 9.17) is 19.2 Å². The summed E-state index contributed by atoms with van der Waals surface area (Å²) in [5, 5.41) is 8.98. The molecule has 1 aromatic heterocycles. The number of rotatable bonds is 10. The van der Waals surface area contributed by atoms with Crippen molar-refractivity contribution in [2.24, 2.45) is 4.99 Å². The molecule has 0 amide bonds. The molecule has 0 saturated heterocycles. The largest absolute Gasteiger partial charge is 0.490 e. The standard InChI is InChI=1S/C22H31N3O3S/c1-26-13-4-2-3-11-23-22(24-12-10-19-7-5-16-29-19)25-18-8-9-20-21(17-18)28-15-6-14-27-20/h5,7-9,16-17H,2-4,6,10-15H2,1H3,(H2,23,24,25). The Morgan fingerprint density at radius 3 is 2.86 bits per heavy atom. The Hall–Kier alpha value is -2.25. The van der Waals surface area contributed by atoms with Crippen LogP contribution in [0.1, 0.15) is 30.6 Å². The quantitative estimate of drug-likeness (QED) is 0.342. The fourth-order valence-corrected chi connectivity index (χ4v) is 3.71. The van der Waals surface area contributed by atoms with Crippen LogP contribution in [0.4, 0.5) is 5.69 Å². The first-order valence-corrected chi connectivity index (χ1v) is 11.2. The van der Waals surface area contributed by atoms with Gasteiger partial charge in [0.1, 0.15) is 0 Å². The first-order chi connectivity index (χ1) is 14.3. The number of anilines is 1. The number of unbranched alkanes of at least 4 members (excludes halogenated alkanes) is 2. The summed E-state index contributed by atoms with van der Waals surface area (Å²) < 4.78 is 16.6. The minimum atomic E-state index is 0.679. The lowest BCUT2D eigenvalue weighted by Crippen LogP contribution is -2.32. The third-order valence-electron chi connectivity index (χ3n) is 4.53. The van der Waals surface area contributed by atoms with Gasteiger partial charge in [-0.3, -0.25) is 4.99 Å². The molecule has 29 heavy (non-hydrogen) atoms. The average molecular weight is 418 g/mol. The van der Waals surface area contributed by atoms with Gasteiger partial charge in [-0.05, 0) is 49.3 Å². The lowest BCUT2D eigenvalue weighted by atomic mass is 10.2. The number of hydrogen-bond donors (Lipinski definition) is 2. The first kappa shape index (κ1) is 21.5. The Kier molecular flexibility index (Phi) is 9.13. The second-order valence-electron chi connectivity index (χ2n) is 6.88. The number of guanidine groups is 1. The number of fused-ring (bicyclic) bond motifs is 1. The van der Waals surface area contributed by atoms with Crippen molar-refractivity contribution in [2.45, 2.75) is 32.1 Å². The highest BCUT2D eigenvalue weighted by atomic mass is 32.1. The highest BCUT2D eigenvalue weighted by Crippen LogP contribution is 2.32. The predicted molar refractivity (Wildman–Crippen MR) is 120 cm³/mol. The van der Waals surface area contributed by atoms with Crippen LogP contribution in [0.2, 0.25) is 0 Å². The molecule has 0 saturated carbocycles. The summed E-state index contributed by atoms with van der Waals surface area (Å²) in [5.41, 5.74) is 0.941. The average Bonchev–Trinajstić information content (AvgIpc) is 3.14. The highest BCUT2D eigenvalue weighted by Gasteiger charge is 2.11. The normalized spacial score (nSPS) is 13.8. The summed E-state index contributed by atoms with van der Waals surface area (Å²) in [6.07, 6.45) is 5.11. The zero-order chi connectivity index (χ0) is 20.2. The number of benzene rings is 1. The van der Waals surface area contributed by atoms with Gasteiger partial charge in [0.2, 0.25) is 0 Å². The summed E-state index contributed by atoms with van der Waals surface area (Å²) >= 11 is 1.78. The maximum atomic E-state index is 5.80. The molecule has 1 aliphatic heterocycles. The Bertz CT molecular complexity index is 750. The van der Waals surface area contributed by atoms with E-state index in [0.29, 0.717) is 13.2 Å². The lowest BCUT2D eigenvalue weighted by Gasteiger charge is -2.14. The third kappa shape index (κ3) is 7.59. The van der Waals surface area contributed by atoms with E-state index in [-0.39, 0.29) is 0 Å². The molecule has 0 atom stereocenters. The Morgan fingerprint density at radius 1 is 1.14 bits per heavy atom. The van der Waals surface area contributed by atoms with Crippen LogP contribution in [0.3, 0.4) is 0 Å². The van der Waals surface area contributed by atoms with Crippen LogP contribution in [0, 0.1) is 0 Å². The molecule has 6 nitrogen and oxygen atoms in total.